The smallest absolute Gasteiger partial charge is 0.169 e. The second-order valence-corrected chi connectivity index (χ2v) is 5.35. The van der Waals surface area contributed by atoms with Crippen molar-refractivity contribution in [2.75, 3.05) is 13.2 Å². The molecule has 2 rings (SSSR count). The summed E-state index contributed by atoms with van der Waals surface area (Å²) in [5.74, 6) is 0.248. The number of allylic oxidation sites excluding steroid dienone is 1. The van der Waals surface area contributed by atoms with Gasteiger partial charge >= 0.3 is 0 Å². The molecule has 0 aromatic carbocycles. The minimum absolute atomic E-state index is 0.291. The summed E-state index contributed by atoms with van der Waals surface area (Å²) in [5.41, 5.74) is 0.307. The van der Waals surface area contributed by atoms with Crippen LogP contribution < -0.4 is 0 Å². The van der Waals surface area contributed by atoms with Crippen molar-refractivity contribution in [1.82, 2.24) is 0 Å². The van der Waals surface area contributed by atoms with Crippen LogP contribution >= 0.6 is 0 Å². The molecule has 14 heavy (non-hydrogen) atoms. The second-order valence-electron chi connectivity index (χ2n) is 5.35. The van der Waals surface area contributed by atoms with Crippen LogP contribution in [0.1, 0.15) is 33.1 Å². The Labute approximate surface area is 86.3 Å². The third kappa shape index (κ3) is 1.86. The fourth-order valence-corrected chi connectivity index (χ4v) is 2.94. The Morgan fingerprint density at radius 2 is 1.86 bits per heavy atom. The van der Waals surface area contributed by atoms with E-state index in [-0.39, 0.29) is 5.79 Å². The van der Waals surface area contributed by atoms with E-state index in [0.29, 0.717) is 11.3 Å². The van der Waals surface area contributed by atoms with Crippen LogP contribution in [0.5, 0.6) is 0 Å². The first-order valence-corrected chi connectivity index (χ1v) is 5.46. The molecule has 1 aliphatic carbocycles. The lowest BCUT2D eigenvalue weighted by Gasteiger charge is -2.44. The predicted molar refractivity (Wildman–Crippen MR) is 56.0 cm³/mol. The molecule has 1 heterocycles. The highest BCUT2D eigenvalue weighted by Crippen LogP contribution is 2.47. The van der Waals surface area contributed by atoms with Crippen LogP contribution in [0.3, 0.4) is 0 Å². The molecule has 0 radical (unpaired) electrons. The van der Waals surface area contributed by atoms with Crippen LogP contribution in [0, 0.1) is 11.3 Å². The molecule has 1 unspecified atom stereocenters. The van der Waals surface area contributed by atoms with E-state index in [2.05, 4.69) is 20.4 Å². The zero-order valence-corrected chi connectivity index (χ0v) is 9.21. The van der Waals surface area contributed by atoms with Crippen molar-refractivity contribution in [2.45, 2.75) is 38.9 Å². The molecule has 1 aliphatic heterocycles. The lowest BCUT2D eigenvalue weighted by molar-refractivity contribution is -0.205. The molecule has 0 bridgehead atoms. The van der Waals surface area contributed by atoms with E-state index >= 15 is 0 Å². The lowest BCUT2D eigenvalue weighted by atomic mass is 9.69. The Balaban J connectivity index is 2.15. The summed E-state index contributed by atoms with van der Waals surface area (Å²) < 4.78 is 11.6. The van der Waals surface area contributed by atoms with E-state index in [1.807, 2.05) is 6.08 Å². The quantitative estimate of drug-likeness (QED) is 0.600. The Bertz CT molecular complexity index is 226. The van der Waals surface area contributed by atoms with E-state index in [4.69, 9.17) is 9.47 Å². The number of hydrogen-bond donors (Lipinski definition) is 0. The van der Waals surface area contributed by atoms with Crippen molar-refractivity contribution in [3.05, 3.63) is 12.7 Å². The van der Waals surface area contributed by atoms with Gasteiger partial charge in [-0.1, -0.05) is 19.9 Å². The molecule has 2 heteroatoms. The minimum atomic E-state index is -0.291. The molecule has 1 saturated heterocycles. The zero-order chi connectivity index (χ0) is 10.2. The Kier molecular flexibility index (Phi) is 2.44. The Morgan fingerprint density at radius 1 is 1.21 bits per heavy atom. The summed E-state index contributed by atoms with van der Waals surface area (Å²) in [7, 11) is 0. The number of hydrogen-bond acceptors (Lipinski definition) is 2. The van der Waals surface area contributed by atoms with Gasteiger partial charge in [-0.3, -0.25) is 0 Å². The molecule has 2 fully saturated rings. The molecule has 0 aromatic heterocycles. The van der Waals surface area contributed by atoms with Crippen molar-refractivity contribution in [1.29, 1.82) is 0 Å². The Hall–Kier alpha value is -0.340. The van der Waals surface area contributed by atoms with Gasteiger partial charge in [0.25, 0.3) is 0 Å². The van der Waals surface area contributed by atoms with Gasteiger partial charge in [0.2, 0.25) is 0 Å². The van der Waals surface area contributed by atoms with Gasteiger partial charge in [-0.2, -0.15) is 0 Å². The molecular weight excluding hydrogens is 176 g/mol. The SMILES string of the molecule is C=CC1CC(C)(C)CC2(C1)OCCO2. The van der Waals surface area contributed by atoms with E-state index in [1.54, 1.807) is 0 Å². The van der Waals surface area contributed by atoms with Crippen LogP contribution in [-0.2, 0) is 9.47 Å². The predicted octanol–water partition coefficient (Wildman–Crippen LogP) is 2.74. The molecule has 1 saturated carbocycles. The van der Waals surface area contributed by atoms with Crippen LogP contribution in [0.4, 0.5) is 0 Å². The molecule has 1 spiro atoms. The van der Waals surface area contributed by atoms with Crippen LogP contribution in [-0.4, -0.2) is 19.0 Å². The maximum Gasteiger partial charge on any atom is 0.169 e. The van der Waals surface area contributed by atoms with Crippen molar-refractivity contribution in [3.8, 4) is 0 Å². The molecule has 1 atom stereocenters. The van der Waals surface area contributed by atoms with E-state index in [1.165, 1.54) is 6.42 Å². The molecule has 2 nitrogen and oxygen atoms in total. The third-order valence-corrected chi connectivity index (χ3v) is 3.28. The third-order valence-electron chi connectivity index (χ3n) is 3.28. The van der Waals surface area contributed by atoms with Gasteiger partial charge in [0.05, 0.1) is 13.2 Å². The first kappa shape index (κ1) is 10.2. The highest BCUT2D eigenvalue weighted by molar-refractivity contribution is 4.97. The lowest BCUT2D eigenvalue weighted by Crippen LogP contribution is -2.43. The maximum atomic E-state index is 5.78. The molecule has 0 amide bonds. The average Bonchev–Trinajstić information content (AvgIpc) is 2.49. The zero-order valence-electron chi connectivity index (χ0n) is 9.21. The van der Waals surface area contributed by atoms with Gasteiger partial charge in [0.15, 0.2) is 5.79 Å². The van der Waals surface area contributed by atoms with Gasteiger partial charge in [0.1, 0.15) is 0 Å². The molecule has 2 aliphatic rings. The normalized spacial score (nSPS) is 34.6. The van der Waals surface area contributed by atoms with E-state index in [0.717, 1.165) is 26.1 Å². The minimum Gasteiger partial charge on any atom is -0.347 e. The second kappa shape index (κ2) is 3.35. The summed E-state index contributed by atoms with van der Waals surface area (Å²) >= 11 is 0. The van der Waals surface area contributed by atoms with Crippen molar-refractivity contribution in [2.24, 2.45) is 11.3 Å². The fourth-order valence-electron chi connectivity index (χ4n) is 2.94. The standard InChI is InChI=1S/C12H20O2/c1-4-10-7-11(2,3)9-12(8-10)13-5-6-14-12/h4,10H,1,5-9H2,2-3H3. The van der Waals surface area contributed by atoms with Crippen LogP contribution in [0.2, 0.25) is 0 Å². The topological polar surface area (TPSA) is 18.5 Å². The van der Waals surface area contributed by atoms with Crippen molar-refractivity contribution >= 4 is 0 Å². The maximum absolute atomic E-state index is 5.78. The van der Waals surface area contributed by atoms with Gasteiger partial charge in [-0.25, -0.2) is 0 Å². The monoisotopic (exact) mass is 196 g/mol. The Morgan fingerprint density at radius 3 is 2.43 bits per heavy atom. The van der Waals surface area contributed by atoms with Gasteiger partial charge in [-0.15, -0.1) is 6.58 Å². The highest BCUT2D eigenvalue weighted by atomic mass is 16.7. The van der Waals surface area contributed by atoms with Crippen LogP contribution in [0.25, 0.3) is 0 Å². The largest absolute Gasteiger partial charge is 0.347 e. The van der Waals surface area contributed by atoms with E-state index < -0.39 is 0 Å². The number of rotatable bonds is 1. The van der Waals surface area contributed by atoms with Crippen molar-refractivity contribution in [3.63, 3.8) is 0 Å². The molecule has 80 valence electrons. The van der Waals surface area contributed by atoms with Crippen LogP contribution in [0.15, 0.2) is 12.7 Å². The summed E-state index contributed by atoms with van der Waals surface area (Å²) in [6.07, 6.45) is 5.25. The van der Waals surface area contributed by atoms with Gasteiger partial charge in [-0.05, 0) is 17.8 Å². The summed E-state index contributed by atoms with van der Waals surface area (Å²) in [4.78, 5) is 0. The average molecular weight is 196 g/mol. The first-order chi connectivity index (χ1) is 6.55. The van der Waals surface area contributed by atoms with Gasteiger partial charge < -0.3 is 9.47 Å². The van der Waals surface area contributed by atoms with Crippen molar-refractivity contribution < 1.29 is 9.47 Å². The summed E-state index contributed by atoms with van der Waals surface area (Å²) in [6.45, 7) is 9.97. The first-order valence-electron chi connectivity index (χ1n) is 5.46. The molecule has 0 N–H and O–H groups in total. The fraction of sp³-hybridized carbons (Fsp3) is 0.833. The van der Waals surface area contributed by atoms with Gasteiger partial charge in [0, 0.05) is 12.8 Å². The highest BCUT2D eigenvalue weighted by Gasteiger charge is 2.47. The van der Waals surface area contributed by atoms with E-state index in [9.17, 15) is 0 Å². The summed E-state index contributed by atoms with van der Waals surface area (Å²) in [6, 6.07) is 0. The summed E-state index contributed by atoms with van der Waals surface area (Å²) in [5, 5.41) is 0. The molecule has 0 aromatic rings. The number of ether oxygens (including phenoxy) is 2. The molecular formula is C12H20O2.